The van der Waals surface area contributed by atoms with E-state index in [1.165, 1.54) is 0 Å². The van der Waals surface area contributed by atoms with Crippen LogP contribution >= 0.6 is 27.3 Å². The lowest BCUT2D eigenvalue weighted by molar-refractivity contribution is 0.169. The SMILES string of the molecule is NC(c1cscc1Br)c1cccc2c1OCCO2. The van der Waals surface area contributed by atoms with Gasteiger partial charge in [-0.05, 0) is 32.9 Å². The predicted octanol–water partition coefficient (Wildman–Crippen LogP) is 3.33. The highest BCUT2D eigenvalue weighted by atomic mass is 79.9. The first-order chi connectivity index (χ1) is 8.77. The second kappa shape index (κ2) is 4.91. The fraction of sp³-hybridized carbons (Fsp3) is 0.231. The molecule has 1 aliphatic heterocycles. The molecule has 1 aromatic carbocycles. The van der Waals surface area contributed by atoms with Crippen LogP contribution in [0.2, 0.25) is 0 Å². The summed E-state index contributed by atoms with van der Waals surface area (Å²) in [5, 5.41) is 4.08. The fourth-order valence-corrected chi connectivity index (χ4v) is 3.60. The molecule has 2 heterocycles. The Morgan fingerprint density at radius 3 is 2.78 bits per heavy atom. The van der Waals surface area contributed by atoms with Gasteiger partial charge in [0.2, 0.25) is 0 Å². The van der Waals surface area contributed by atoms with Gasteiger partial charge in [-0.2, -0.15) is 11.3 Å². The quantitative estimate of drug-likeness (QED) is 0.921. The van der Waals surface area contributed by atoms with E-state index in [0.29, 0.717) is 13.2 Å². The summed E-state index contributed by atoms with van der Waals surface area (Å²) in [5.74, 6) is 1.55. The first-order valence-electron chi connectivity index (χ1n) is 5.63. The number of halogens is 1. The van der Waals surface area contributed by atoms with Crippen molar-refractivity contribution in [3.8, 4) is 11.5 Å². The van der Waals surface area contributed by atoms with E-state index in [1.807, 2.05) is 23.6 Å². The maximum atomic E-state index is 6.33. The summed E-state index contributed by atoms with van der Waals surface area (Å²) < 4.78 is 12.3. The first kappa shape index (κ1) is 12.0. The zero-order chi connectivity index (χ0) is 12.5. The molecule has 0 radical (unpaired) electrons. The van der Waals surface area contributed by atoms with Crippen molar-refractivity contribution in [3.05, 3.63) is 44.6 Å². The van der Waals surface area contributed by atoms with Crippen LogP contribution in [-0.4, -0.2) is 13.2 Å². The van der Waals surface area contributed by atoms with E-state index in [9.17, 15) is 0 Å². The average Bonchev–Trinajstić information content (AvgIpc) is 2.83. The van der Waals surface area contributed by atoms with Crippen molar-refractivity contribution >= 4 is 27.3 Å². The summed E-state index contributed by atoms with van der Waals surface area (Å²) in [6.45, 7) is 1.16. The summed E-state index contributed by atoms with van der Waals surface area (Å²) in [6.07, 6.45) is 0. The van der Waals surface area contributed by atoms with E-state index in [4.69, 9.17) is 15.2 Å². The molecule has 18 heavy (non-hydrogen) atoms. The molecule has 0 amide bonds. The predicted molar refractivity (Wildman–Crippen MR) is 75.5 cm³/mol. The van der Waals surface area contributed by atoms with Gasteiger partial charge in [0.25, 0.3) is 0 Å². The molecule has 1 aromatic heterocycles. The largest absolute Gasteiger partial charge is 0.486 e. The van der Waals surface area contributed by atoms with Crippen LogP contribution in [0, 0.1) is 0 Å². The number of benzene rings is 1. The molecule has 3 rings (SSSR count). The molecule has 0 saturated carbocycles. The van der Waals surface area contributed by atoms with Crippen molar-refractivity contribution in [2.45, 2.75) is 6.04 Å². The highest BCUT2D eigenvalue weighted by Crippen LogP contribution is 2.40. The van der Waals surface area contributed by atoms with Crippen LogP contribution in [0.4, 0.5) is 0 Å². The van der Waals surface area contributed by atoms with Gasteiger partial charge < -0.3 is 15.2 Å². The molecule has 94 valence electrons. The number of thiophene rings is 1. The van der Waals surface area contributed by atoms with Crippen molar-refractivity contribution in [3.63, 3.8) is 0 Å². The smallest absolute Gasteiger partial charge is 0.166 e. The highest BCUT2D eigenvalue weighted by molar-refractivity contribution is 9.10. The Hall–Kier alpha value is -1.04. The fourth-order valence-electron chi connectivity index (χ4n) is 2.02. The lowest BCUT2D eigenvalue weighted by Gasteiger charge is -2.23. The van der Waals surface area contributed by atoms with Crippen LogP contribution in [0.5, 0.6) is 11.5 Å². The molecule has 0 spiro atoms. The molecule has 3 nitrogen and oxygen atoms in total. The van der Waals surface area contributed by atoms with Crippen molar-refractivity contribution in [2.75, 3.05) is 13.2 Å². The van der Waals surface area contributed by atoms with Gasteiger partial charge in [0.05, 0.1) is 6.04 Å². The van der Waals surface area contributed by atoms with Crippen molar-refractivity contribution in [1.82, 2.24) is 0 Å². The molecular weight excluding hydrogens is 314 g/mol. The van der Waals surface area contributed by atoms with E-state index < -0.39 is 0 Å². The van der Waals surface area contributed by atoms with Gasteiger partial charge in [0.1, 0.15) is 13.2 Å². The second-order valence-corrected chi connectivity index (χ2v) is 5.62. The Morgan fingerprint density at radius 1 is 1.17 bits per heavy atom. The number of ether oxygens (including phenoxy) is 2. The maximum absolute atomic E-state index is 6.33. The Morgan fingerprint density at radius 2 is 2.00 bits per heavy atom. The Bertz CT molecular complexity index is 570. The third-order valence-corrected chi connectivity index (χ3v) is 4.66. The molecule has 2 aromatic rings. The van der Waals surface area contributed by atoms with Gasteiger partial charge >= 0.3 is 0 Å². The summed E-state index contributed by atoms with van der Waals surface area (Å²) in [4.78, 5) is 0. The number of hydrogen-bond acceptors (Lipinski definition) is 4. The van der Waals surface area contributed by atoms with Crippen LogP contribution < -0.4 is 15.2 Å². The minimum atomic E-state index is -0.206. The molecule has 2 N–H and O–H groups in total. The van der Waals surface area contributed by atoms with E-state index in [2.05, 4.69) is 21.3 Å². The Kier molecular flexibility index (Phi) is 3.28. The summed E-state index contributed by atoms with van der Waals surface area (Å²) in [7, 11) is 0. The Labute approximate surface area is 118 Å². The van der Waals surface area contributed by atoms with E-state index >= 15 is 0 Å². The first-order valence-corrected chi connectivity index (χ1v) is 7.36. The zero-order valence-electron chi connectivity index (χ0n) is 9.56. The zero-order valence-corrected chi connectivity index (χ0v) is 12.0. The number of hydrogen-bond donors (Lipinski definition) is 1. The third kappa shape index (κ3) is 2.02. The summed E-state index contributed by atoms with van der Waals surface area (Å²) >= 11 is 5.15. The normalized spacial score (nSPS) is 15.4. The number of rotatable bonds is 2. The van der Waals surface area contributed by atoms with Gasteiger partial charge in [0.15, 0.2) is 11.5 Å². The monoisotopic (exact) mass is 325 g/mol. The standard InChI is InChI=1S/C13H12BrNO2S/c14-10-7-18-6-9(10)12(15)8-2-1-3-11-13(8)17-5-4-16-11/h1-3,6-7,12H,4-5,15H2. The molecule has 0 bridgehead atoms. The van der Waals surface area contributed by atoms with Gasteiger partial charge in [-0.25, -0.2) is 0 Å². The van der Waals surface area contributed by atoms with Gasteiger partial charge in [-0.3, -0.25) is 0 Å². The summed E-state index contributed by atoms with van der Waals surface area (Å²) in [5.41, 5.74) is 8.36. The minimum absolute atomic E-state index is 0.206. The van der Waals surface area contributed by atoms with Crippen LogP contribution in [0.3, 0.4) is 0 Å². The molecular formula is C13H12BrNO2S. The van der Waals surface area contributed by atoms with E-state index in [0.717, 1.165) is 27.1 Å². The lowest BCUT2D eigenvalue weighted by Crippen LogP contribution is -2.19. The van der Waals surface area contributed by atoms with Gasteiger partial charge in [-0.1, -0.05) is 12.1 Å². The second-order valence-electron chi connectivity index (χ2n) is 4.02. The van der Waals surface area contributed by atoms with Crippen LogP contribution in [-0.2, 0) is 0 Å². The van der Waals surface area contributed by atoms with Crippen molar-refractivity contribution in [2.24, 2.45) is 5.73 Å². The number of fused-ring (bicyclic) bond motifs is 1. The minimum Gasteiger partial charge on any atom is -0.486 e. The number of para-hydroxylation sites is 1. The van der Waals surface area contributed by atoms with E-state index in [1.54, 1.807) is 11.3 Å². The van der Waals surface area contributed by atoms with Crippen LogP contribution in [0.25, 0.3) is 0 Å². The molecule has 0 fully saturated rings. The number of nitrogens with two attached hydrogens (primary N) is 1. The van der Waals surface area contributed by atoms with Crippen LogP contribution in [0.1, 0.15) is 17.2 Å². The molecule has 1 aliphatic rings. The molecule has 0 saturated heterocycles. The molecule has 0 aliphatic carbocycles. The van der Waals surface area contributed by atoms with E-state index in [-0.39, 0.29) is 6.04 Å². The lowest BCUT2D eigenvalue weighted by atomic mass is 10.0. The van der Waals surface area contributed by atoms with Crippen LogP contribution in [0.15, 0.2) is 33.4 Å². The Balaban J connectivity index is 2.04. The summed E-state index contributed by atoms with van der Waals surface area (Å²) in [6, 6.07) is 5.64. The van der Waals surface area contributed by atoms with Crippen molar-refractivity contribution in [1.29, 1.82) is 0 Å². The average molecular weight is 326 g/mol. The molecule has 1 unspecified atom stereocenters. The topological polar surface area (TPSA) is 44.5 Å². The maximum Gasteiger partial charge on any atom is 0.166 e. The molecule has 5 heteroatoms. The third-order valence-electron chi connectivity index (χ3n) is 2.91. The van der Waals surface area contributed by atoms with Gasteiger partial charge in [0, 0.05) is 15.4 Å². The van der Waals surface area contributed by atoms with Crippen molar-refractivity contribution < 1.29 is 9.47 Å². The highest BCUT2D eigenvalue weighted by Gasteiger charge is 2.22. The molecule has 1 atom stereocenters. The van der Waals surface area contributed by atoms with Gasteiger partial charge in [-0.15, -0.1) is 0 Å².